The molecule has 0 unspecified atom stereocenters. The average Bonchev–Trinajstić information content (AvgIpc) is 2.46. The summed E-state index contributed by atoms with van der Waals surface area (Å²) in [5.74, 6) is 0. The van der Waals surface area contributed by atoms with E-state index in [0.29, 0.717) is 0 Å². The highest BCUT2D eigenvalue weighted by molar-refractivity contribution is 4.98. The molecule has 0 radical (unpaired) electrons. The average molecular weight is 282 g/mol. The predicted octanol–water partition coefficient (Wildman–Crippen LogP) is 6.20. The molecule has 0 fully saturated rings. The third-order valence-corrected chi connectivity index (χ3v) is 4.12. The Kier molecular flexibility index (Phi) is 14.9. The molecule has 0 aliphatic carbocycles. The zero-order valence-electron chi connectivity index (χ0n) is 14.7. The van der Waals surface area contributed by atoms with E-state index in [1.807, 2.05) is 0 Å². The summed E-state index contributed by atoms with van der Waals surface area (Å²) in [6.07, 6.45) is 16.2. The van der Waals surface area contributed by atoms with Crippen LogP contribution < -0.4 is 0 Å². The molecule has 0 aliphatic heterocycles. The minimum absolute atomic E-state index is 1.18. The zero-order chi connectivity index (χ0) is 15.1. The Morgan fingerprint density at radius 1 is 0.750 bits per heavy atom. The highest BCUT2D eigenvalue weighted by Gasteiger charge is 2.05. The molecule has 0 rings (SSSR count). The minimum atomic E-state index is 1.18. The van der Waals surface area contributed by atoms with Crippen molar-refractivity contribution in [1.29, 1.82) is 0 Å². The van der Waals surface area contributed by atoms with Gasteiger partial charge in [0.2, 0.25) is 0 Å². The molecular weight excluding hydrogens is 242 g/mol. The lowest BCUT2D eigenvalue weighted by Gasteiger charge is -2.22. The van der Waals surface area contributed by atoms with Crippen molar-refractivity contribution in [1.82, 2.24) is 4.90 Å². The molecule has 120 valence electrons. The molecule has 0 aromatic heterocycles. The first-order valence-electron chi connectivity index (χ1n) is 9.08. The number of hydrogen-bond acceptors (Lipinski definition) is 1. The van der Waals surface area contributed by atoms with Gasteiger partial charge in [0.05, 0.1) is 0 Å². The van der Waals surface area contributed by atoms with Gasteiger partial charge in [-0.1, -0.05) is 76.9 Å². The monoisotopic (exact) mass is 281 g/mol. The fourth-order valence-electron chi connectivity index (χ4n) is 2.59. The van der Waals surface area contributed by atoms with E-state index in [4.69, 9.17) is 0 Å². The Hall–Kier alpha value is -0.300. The van der Waals surface area contributed by atoms with Crippen molar-refractivity contribution in [2.75, 3.05) is 19.6 Å². The van der Waals surface area contributed by atoms with Crippen molar-refractivity contribution >= 4 is 0 Å². The van der Waals surface area contributed by atoms with Crippen LogP contribution in [0.1, 0.15) is 91.9 Å². The summed E-state index contributed by atoms with van der Waals surface area (Å²) < 4.78 is 0. The highest BCUT2D eigenvalue weighted by Crippen LogP contribution is 2.09. The van der Waals surface area contributed by atoms with Gasteiger partial charge in [0.25, 0.3) is 0 Å². The second kappa shape index (κ2) is 15.1. The normalized spacial score (nSPS) is 12.3. The maximum atomic E-state index is 2.67. The molecule has 0 heterocycles. The number of allylic oxidation sites excluding steroid dienone is 1. The summed E-state index contributed by atoms with van der Waals surface area (Å²) >= 11 is 0. The van der Waals surface area contributed by atoms with Gasteiger partial charge < -0.3 is 0 Å². The molecule has 0 aromatic rings. The van der Waals surface area contributed by atoms with E-state index < -0.39 is 0 Å². The largest absolute Gasteiger partial charge is 0.299 e. The molecule has 0 saturated carbocycles. The molecule has 0 bridgehead atoms. The van der Waals surface area contributed by atoms with Gasteiger partial charge in [0.1, 0.15) is 0 Å². The fraction of sp³-hybridized carbons (Fsp3) is 0.895. The molecule has 0 atom stereocenters. The smallest absolute Gasteiger partial charge is 0.0189 e. The molecule has 1 nitrogen and oxygen atoms in total. The van der Waals surface area contributed by atoms with Crippen LogP contribution in [0.3, 0.4) is 0 Å². The number of hydrogen-bond donors (Lipinski definition) is 0. The van der Waals surface area contributed by atoms with Crippen molar-refractivity contribution in [3.8, 4) is 0 Å². The van der Waals surface area contributed by atoms with E-state index in [1.54, 1.807) is 0 Å². The van der Waals surface area contributed by atoms with Crippen LogP contribution in [0.2, 0.25) is 0 Å². The van der Waals surface area contributed by atoms with E-state index in [-0.39, 0.29) is 0 Å². The molecule has 0 aliphatic rings. The SMILES string of the molecule is CC=C(C)CN(CCCCCCC)CCCCCCC. The Bertz CT molecular complexity index is 206. The Morgan fingerprint density at radius 3 is 1.60 bits per heavy atom. The maximum Gasteiger partial charge on any atom is 0.0189 e. The lowest BCUT2D eigenvalue weighted by molar-refractivity contribution is 0.280. The Labute approximate surface area is 128 Å². The van der Waals surface area contributed by atoms with E-state index in [9.17, 15) is 0 Å². The number of rotatable bonds is 14. The second-order valence-electron chi connectivity index (χ2n) is 6.24. The Morgan fingerprint density at radius 2 is 1.20 bits per heavy atom. The quantitative estimate of drug-likeness (QED) is 0.271. The minimum Gasteiger partial charge on any atom is -0.299 e. The van der Waals surface area contributed by atoms with Gasteiger partial charge in [-0.25, -0.2) is 0 Å². The van der Waals surface area contributed by atoms with Gasteiger partial charge in [0.15, 0.2) is 0 Å². The van der Waals surface area contributed by atoms with E-state index in [1.165, 1.54) is 89.4 Å². The van der Waals surface area contributed by atoms with Crippen molar-refractivity contribution < 1.29 is 0 Å². The summed E-state index contributed by atoms with van der Waals surface area (Å²) in [5, 5.41) is 0. The Balaban J connectivity index is 3.82. The maximum absolute atomic E-state index is 2.67. The molecule has 0 amide bonds. The third-order valence-electron chi connectivity index (χ3n) is 4.12. The van der Waals surface area contributed by atoms with Crippen LogP contribution in [0.4, 0.5) is 0 Å². The van der Waals surface area contributed by atoms with Crippen LogP contribution >= 0.6 is 0 Å². The topological polar surface area (TPSA) is 3.24 Å². The highest BCUT2D eigenvalue weighted by atomic mass is 15.1. The van der Waals surface area contributed by atoms with Gasteiger partial charge >= 0.3 is 0 Å². The van der Waals surface area contributed by atoms with Crippen molar-refractivity contribution in [2.45, 2.75) is 91.9 Å². The van der Waals surface area contributed by atoms with Gasteiger partial charge in [-0.2, -0.15) is 0 Å². The van der Waals surface area contributed by atoms with E-state index >= 15 is 0 Å². The molecule has 0 saturated heterocycles. The van der Waals surface area contributed by atoms with Crippen LogP contribution in [0, 0.1) is 0 Å². The fourth-order valence-corrected chi connectivity index (χ4v) is 2.59. The lowest BCUT2D eigenvalue weighted by Crippen LogP contribution is -2.28. The zero-order valence-corrected chi connectivity index (χ0v) is 14.7. The van der Waals surface area contributed by atoms with Crippen LogP contribution in [0.25, 0.3) is 0 Å². The number of unbranched alkanes of at least 4 members (excludes halogenated alkanes) is 8. The van der Waals surface area contributed by atoms with Crippen LogP contribution in [-0.4, -0.2) is 24.5 Å². The summed E-state index contributed by atoms with van der Waals surface area (Å²) in [7, 11) is 0. The van der Waals surface area contributed by atoms with Crippen LogP contribution in [0.15, 0.2) is 11.6 Å². The molecule has 0 spiro atoms. The van der Waals surface area contributed by atoms with Gasteiger partial charge in [-0.05, 0) is 39.8 Å². The lowest BCUT2D eigenvalue weighted by atomic mass is 10.1. The van der Waals surface area contributed by atoms with Gasteiger partial charge in [-0.3, -0.25) is 4.90 Å². The second-order valence-corrected chi connectivity index (χ2v) is 6.24. The molecule has 0 aromatic carbocycles. The first kappa shape index (κ1) is 19.7. The van der Waals surface area contributed by atoms with Gasteiger partial charge in [0, 0.05) is 6.54 Å². The first-order chi connectivity index (χ1) is 9.74. The van der Waals surface area contributed by atoms with Crippen LogP contribution in [-0.2, 0) is 0 Å². The third kappa shape index (κ3) is 12.7. The molecule has 20 heavy (non-hydrogen) atoms. The standard InChI is InChI=1S/C19H39N/c1-5-8-10-12-14-16-20(18-19(4)7-3)17-15-13-11-9-6-2/h7H,5-6,8-18H2,1-4H3. The predicted molar refractivity (Wildman–Crippen MR) is 93.4 cm³/mol. The molecule has 0 N–H and O–H groups in total. The van der Waals surface area contributed by atoms with Crippen molar-refractivity contribution in [2.24, 2.45) is 0 Å². The van der Waals surface area contributed by atoms with E-state index in [0.717, 1.165) is 0 Å². The van der Waals surface area contributed by atoms with Crippen LogP contribution in [0.5, 0.6) is 0 Å². The van der Waals surface area contributed by atoms with Crippen molar-refractivity contribution in [3.05, 3.63) is 11.6 Å². The summed E-state index contributed by atoms with van der Waals surface area (Å²) in [6, 6.07) is 0. The molecule has 1 heteroatoms. The summed E-state index contributed by atoms with van der Waals surface area (Å²) in [4.78, 5) is 2.67. The summed E-state index contributed by atoms with van der Waals surface area (Å²) in [5.41, 5.74) is 1.52. The molecular formula is C19H39N. The summed E-state index contributed by atoms with van der Waals surface area (Å²) in [6.45, 7) is 12.8. The van der Waals surface area contributed by atoms with Crippen molar-refractivity contribution in [3.63, 3.8) is 0 Å². The first-order valence-corrected chi connectivity index (χ1v) is 9.08. The number of nitrogens with zero attached hydrogens (tertiary/aromatic N) is 1. The van der Waals surface area contributed by atoms with Gasteiger partial charge in [-0.15, -0.1) is 0 Å². The van der Waals surface area contributed by atoms with E-state index in [2.05, 4.69) is 38.7 Å².